The Balaban J connectivity index is 2.23. The van der Waals surface area contributed by atoms with Gasteiger partial charge in [-0.2, -0.15) is 0 Å². The zero-order chi connectivity index (χ0) is 14.9. The van der Waals surface area contributed by atoms with Crippen LogP contribution in [-0.2, 0) is 16.1 Å². The van der Waals surface area contributed by atoms with Gasteiger partial charge in [-0.15, -0.1) is 0 Å². The van der Waals surface area contributed by atoms with Crippen molar-refractivity contribution in [1.29, 1.82) is 0 Å². The molecule has 0 bridgehead atoms. The van der Waals surface area contributed by atoms with Gasteiger partial charge in [0.15, 0.2) is 0 Å². The Morgan fingerprint density at radius 3 is 2.70 bits per heavy atom. The summed E-state index contributed by atoms with van der Waals surface area (Å²) in [5.74, 6) is 0.551. The van der Waals surface area contributed by atoms with Gasteiger partial charge in [-0.3, -0.25) is 9.59 Å². The number of rotatable bonds is 3. The summed E-state index contributed by atoms with van der Waals surface area (Å²) in [6, 6.07) is 0.832. The molecule has 2 rings (SSSR count). The van der Waals surface area contributed by atoms with Gasteiger partial charge in [0.2, 0.25) is 11.8 Å². The molecule has 2 amide bonds. The van der Waals surface area contributed by atoms with E-state index in [1.165, 1.54) is 0 Å². The first kappa shape index (κ1) is 14.4. The van der Waals surface area contributed by atoms with Crippen LogP contribution in [0.5, 0.6) is 0 Å². The molecule has 20 heavy (non-hydrogen) atoms. The summed E-state index contributed by atoms with van der Waals surface area (Å²) in [6.45, 7) is 7.71. The monoisotopic (exact) mass is 276 g/mol. The summed E-state index contributed by atoms with van der Waals surface area (Å²) in [6.07, 6.45) is 1.66. The SMILES string of the molecule is Cc1nccc(CN2C(=O)C(C(C)C)NC(=O)C2C)n1. The molecule has 2 heterocycles. The summed E-state index contributed by atoms with van der Waals surface area (Å²) >= 11 is 0. The van der Waals surface area contributed by atoms with E-state index in [1.54, 1.807) is 31.0 Å². The lowest BCUT2D eigenvalue weighted by atomic mass is 9.98. The fraction of sp³-hybridized carbons (Fsp3) is 0.571. The number of carbonyl (C=O) groups is 2. The van der Waals surface area contributed by atoms with Gasteiger partial charge in [0.25, 0.3) is 0 Å². The van der Waals surface area contributed by atoms with Crippen LogP contribution in [0, 0.1) is 12.8 Å². The molecular weight excluding hydrogens is 256 g/mol. The van der Waals surface area contributed by atoms with Crippen LogP contribution in [0.1, 0.15) is 32.3 Å². The number of hydrogen-bond donors (Lipinski definition) is 1. The molecule has 6 heteroatoms. The minimum atomic E-state index is -0.479. The maximum atomic E-state index is 12.5. The van der Waals surface area contributed by atoms with Crippen molar-refractivity contribution in [2.24, 2.45) is 5.92 Å². The molecule has 2 unspecified atom stereocenters. The summed E-state index contributed by atoms with van der Waals surface area (Å²) in [4.78, 5) is 34.4. The molecule has 1 fully saturated rings. The Morgan fingerprint density at radius 1 is 1.40 bits per heavy atom. The molecule has 0 spiro atoms. The molecular formula is C14H20N4O2. The van der Waals surface area contributed by atoms with E-state index in [9.17, 15) is 9.59 Å². The van der Waals surface area contributed by atoms with E-state index in [1.807, 2.05) is 13.8 Å². The van der Waals surface area contributed by atoms with Crippen molar-refractivity contribution < 1.29 is 9.59 Å². The number of carbonyl (C=O) groups excluding carboxylic acids is 2. The summed E-state index contributed by atoms with van der Waals surface area (Å²) in [7, 11) is 0. The third kappa shape index (κ3) is 2.79. The molecule has 0 aromatic carbocycles. The zero-order valence-electron chi connectivity index (χ0n) is 12.3. The smallest absolute Gasteiger partial charge is 0.246 e. The Bertz CT molecular complexity index is 530. The summed E-state index contributed by atoms with van der Waals surface area (Å²) in [5.41, 5.74) is 0.745. The van der Waals surface area contributed by atoms with Gasteiger partial charge in [-0.05, 0) is 25.8 Å². The van der Waals surface area contributed by atoms with Crippen LogP contribution >= 0.6 is 0 Å². The second kappa shape index (κ2) is 5.56. The van der Waals surface area contributed by atoms with Gasteiger partial charge in [-0.1, -0.05) is 13.8 Å². The Morgan fingerprint density at radius 2 is 2.10 bits per heavy atom. The predicted octanol–water partition coefficient (Wildman–Crippen LogP) is 0.657. The van der Waals surface area contributed by atoms with Gasteiger partial charge in [-0.25, -0.2) is 9.97 Å². The molecule has 6 nitrogen and oxygen atoms in total. The maximum Gasteiger partial charge on any atom is 0.246 e. The highest BCUT2D eigenvalue weighted by Gasteiger charge is 2.39. The number of amides is 2. The van der Waals surface area contributed by atoms with E-state index >= 15 is 0 Å². The third-order valence-corrected chi connectivity index (χ3v) is 3.53. The summed E-state index contributed by atoms with van der Waals surface area (Å²) in [5, 5.41) is 2.78. The van der Waals surface area contributed by atoms with Gasteiger partial charge in [0.1, 0.15) is 17.9 Å². The van der Waals surface area contributed by atoms with Crippen LogP contribution in [0.2, 0.25) is 0 Å². The van der Waals surface area contributed by atoms with Gasteiger partial charge in [0.05, 0.1) is 12.2 Å². The molecule has 1 aromatic rings. The predicted molar refractivity (Wildman–Crippen MR) is 73.5 cm³/mol. The molecule has 1 aromatic heterocycles. The first-order valence-electron chi connectivity index (χ1n) is 6.79. The van der Waals surface area contributed by atoms with Crippen LogP contribution < -0.4 is 5.32 Å². The van der Waals surface area contributed by atoms with Crippen molar-refractivity contribution in [1.82, 2.24) is 20.2 Å². The lowest BCUT2D eigenvalue weighted by Gasteiger charge is -2.38. The molecule has 0 aliphatic carbocycles. The van der Waals surface area contributed by atoms with Crippen molar-refractivity contribution in [2.75, 3.05) is 0 Å². The van der Waals surface area contributed by atoms with Crippen molar-refractivity contribution in [3.8, 4) is 0 Å². The Hall–Kier alpha value is -1.98. The average Bonchev–Trinajstić information content (AvgIpc) is 2.38. The van der Waals surface area contributed by atoms with Gasteiger partial charge in [0, 0.05) is 6.20 Å². The average molecular weight is 276 g/mol. The van der Waals surface area contributed by atoms with E-state index in [0.717, 1.165) is 5.69 Å². The molecule has 1 N–H and O–H groups in total. The number of aromatic nitrogens is 2. The first-order valence-corrected chi connectivity index (χ1v) is 6.79. The first-order chi connectivity index (χ1) is 9.40. The second-order valence-electron chi connectivity index (χ2n) is 5.47. The lowest BCUT2D eigenvalue weighted by molar-refractivity contribution is -0.150. The van der Waals surface area contributed by atoms with Crippen molar-refractivity contribution in [3.05, 3.63) is 23.8 Å². The molecule has 0 saturated carbocycles. The highest BCUT2D eigenvalue weighted by molar-refractivity contribution is 5.96. The summed E-state index contributed by atoms with van der Waals surface area (Å²) < 4.78 is 0. The molecule has 108 valence electrons. The number of piperazine rings is 1. The highest BCUT2D eigenvalue weighted by Crippen LogP contribution is 2.17. The molecule has 0 radical (unpaired) electrons. The van der Waals surface area contributed by atoms with Crippen molar-refractivity contribution in [2.45, 2.75) is 46.3 Å². The Kier molecular flexibility index (Phi) is 4.01. The molecule has 2 atom stereocenters. The standard InChI is InChI=1S/C14H20N4O2/c1-8(2)12-14(20)18(9(3)13(19)17-12)7-11-5-6-15-10(4)16-11/h5-6,8-9,12H,7H2,1-4H3,(H,17,19). The van der Waals surface area contributed by atoms with Crippen LogP contribution in [0.15, 0.2) is 12.3 Å². The zero-order valence-corrected chi connectivity index (χ0v) is 12.3. The van der Waals surface area contributed by atoms with E-state index in [2.05, 4.69) is 15.3 Å². The lowest BCUT2D eigenvalue weighted by Crippen LogP contribution is -2.63. The van der Waals surface area contributed by atoms with Crippen LogP contribution in [0.3, 0.4) is 0 Å². The van der Waals surface area contributed by atoms with Crippen molar-refractivity contribution >= 4 is 11.8 Å². The van der Waals surface area contributed by atoms with Crippen LogP contribution in [0.4, 0.5) is 0 Å². The van der Waals surface area contributed by atoms with Crippen LogP contribution in [0.25, 0.3) is 0 Å². The fourth-order valence-corrected chi connectivity index (χ4v) is 2.28. The fourth-order valence-electron chi connectivity index (χ4n) is 2.28. The second-order valence-corrected chi connectivity index (χ2v) is 5.47. The van der Waals surface area contributed by atoms with Crippen LogP contribution in [-0.4, -0.2) is 38.8 Å². The topological polar surface area (TPSA) is 75.2 Å². The number of nitrogens with zero attached hydrogens (tertiary/aromatic N) is 3. The van der Waals surface area contributed by atoms with Gasteiger partial charge >= 0.3 is 0 Å². The van der Waals surface area contributed by atoms with E-state index in [-0.39, 0.29) is 17.7 Å². The minimum absolute atomic E-state index is 0.0524. The van der Waals surface area contributed by atoms with E-state index < -0.39 is 12.1 Å². The Labute approximate surface area is 118 Å². The van der Waals surface area contributed by atoms with Crippen molar-refractivity contribution in [3.63, 3.8) is 0 Å². The molecule has 1 saturated heterocycles. The maximum absolute atomic E-state index is 12.5. The minimum Gasteiger partial charge on any atom is -0.342 e. The normalized spacial score (nSPS) is 23.1. The van der Waals surface area contributed by atoms with E-state index in [0.29, 0.717) is 12.4 Å². The highest BCUT2D eigenvalue weighted by atomic mass is 16.2. The number of nitrogens with one attached hydrogen (secondary N) is 1. The molecule has 1 aliphatic rings. The van der Waals surface area contributed by atoms with Gasteiger partial charge < -0.3 is 10.2 Å². The largest absolute Gasteiger partial charge is 0.342 e. The third-order valence-electron chi connectivity index (χ3n) is 3.53. The number of aryl methyl sites for hydroxylation is 1. The van der Waals surface area contributed by atoms with E-state index in [4.69, 9.17) is 0 Å². The molecule has 1 aliphatic heterocycles. The quantitative estimate of drug-likeness (QED) is 0.880. The number of hydrogen-bond acceptors (Lipinski definition) is 4.